The lowest BCUT2D eigenvalue weighted by molar-refractivity contribution is -0.105. The Bertz CT molecular complexity index is 810. The summed E-state index contributed by atoms with van der Waals surface area (Å²) >= 11 is 13.9. The second kappa shape index (κ2) is 13.9. The number of nitrogens with one attached hydrogen (secondary N) is 2. The number of piperidine rings is 1. The monoisotopic (exact) mass is 481 g/mol. The number of rotatable bonds is 9. The summed E-state index contributed by atoms with van der Waals surface area (Å²) in [5.41, 5.74) is 2.88. The van der Waals surface area contributed by atoms with Gasteiger partial charge in [-0.15, -0.1) is 11.8 Å². The molecule has 1 unspecified atom stereocenters. The van der Waals surface area contributed by atoms with Gasteiger partial charge in [0, 0.05) is 42.5 Å². The minimum absolute atomic E-state index is 0.604. The lowest BCUT2D eigenvalue weighted by atomic mass is 9.97. The third-order valence-electron chi connectivity index (χ3n) is 5.11. The number of carbonyl (C=O) groups is 1. The molecule has 0 radical (unpaired) electrons. The fraction of sp³-hybridized carbons (Fsp3) is 0.458. The maximum atomic E-state index is 10.7. The SMILES string of the molecule is C=C(CSC1=CC=C(C=O)NC1)NCC1CCCN(Cc2ccc(Cl)c(Cl)c2)C1.CC. The fourth-order valence-electron chi connectivity index (χ4n) is 3.55. The van der Waals surface area contributed by atoms with Crippen molar-refractivity contribution in [2.45, 2.75) is 33.2 Å². The zero-order chi connectivity index (χ0) is 22.6. The summed E-state index contributed by atoms with van der Waals surface area (Å²) in [6, 6.07) is 5.89. The van der Waals surface area contributed by atoms with Gasteiger partial charge in [-0.05, 0) is 55.2 Å². The van der Waals surface area contributed by atoms with Crippen LogP contribution in [0.3, 0.4) is 0 Å². The van der Waals surface area contributed by atoms with E-state index in [1.165, 1.54) is 23.3 Å². The highest BCUT2D eigenvalue weighted by Crippen LogP contribution is 2.25. The predicted molar refractivity (Wildman–Crippen MR) is 136 cm³/mol. The highest BCUT2D eigenvalue weighted by atomic mass is 35.5. The molecule has 0 aromatic heterocycles. The van der Waals surface area contributed by atoms with E-state index in [1.807, 2.05) is 38.1 Å². The van der Waals surface area contributed by atoms with Crippen molar-refractivity contribution in [1.82, 2.24) is 15.5 Å². The number of aldehydes is 1. The molecule has 2 aliphatic rings. The fourth-order valence-corrected chi connectivity index (χ4v) is 4.67. The Kier molecular flexibility index (Phi) is 11.6. The number of dihydropyridines is 1. The van der Waals surface area contributed by atoms with Crippen LogP contribution in [0, 0.1) is 5.92 Å². The van der Waals surface area contributed by atoms with Crippen LogP contribution >= 0.6 is 35.0 Å². The molecule has 7 heteroatoms. The van der Waals surface area contributed by atoms with E-state index in [0.29, 0.717) is 28.2 Å². The van der Waals surface area contributed by atoms with Crippen molar-refractivity contribution < 1.29 is 4.79 Å². The molecule has 0 saturated carbocycles. The summed E-state index contributed by atoms with van der Waals surface area (Å²) in [6.07, 6.45) is 7.10. The lowest BCUT2D eigenvalue weighted by Gasteiger charge is -2.33. The molecule has 2 N–H and O–H groups in total. The summed E-state index contributed by atoms with van der Waals surface area (Å²) in [4.78, 5) is 14.4. The Balaban J connectivity index is 0.00000166. The van der Waals surface area contributed by atoms with Gasteiger partial charge in [0.05, 0.1) is 15.7 Å². The van der Waals surface area contributed by atoms with Gasteiger partial charge in [-0.3, -0.25) is 9.69 Å². The summed E-state index contributed by atoms with van der Waals surface area (Å²) in [5.74, 6) is 1.44. The first-order chi connectivity index (χ1) is 15.0. The van der Waals surface area contributed by atoms with Crippen LogP contribution in [0.5, 0.6) is 0 Å². The molecule has 0 bridgehead atoms. The van der Waals surface area contributed by atoms with Crippen LogP contribution in [-0.4, -0.2) is 43.1 Å². The quantitative estimate of drug-likeness (QED) is 0.446. The Hall–Kier alpha value is -1.40. The van der Waals surface area contributed by atoms with Gasteiger partial charge in [-0.1, -0.05) is 49.7 Å². The molecule has 2 heterocycles. The number of thioether (sulfide) groups is 1. The molecule has 2 aliphatic heterocycles. The standard InChI is InChI=1S/C22H27Cl2N3OS.C2H6/c1-16(15-29-20-6-5-19(14-28)26-11-20)25-10-18-3-2-8-27(13-18)12-17-4-7-21(23)22(24)9-17;1-2/h4-7,9,14,18,25-26H,1-3,8,10-13,15H2;1-2H3. The van der Waals surface area contributed by atoms with E-state index in [4.69, 9.17) is 23.2 Å². The number of likely N-dealkylation sites (tertiary alicyclic amines) is 1. The van der Waals surface area contributed by atoms with Crippen LogP contribution in [0.15, 0.2) is 53.2 Å². The van der Waals surface area contributed by atoms with Crippen LogP contribution in [0.25, 0.3) is 0 Å². The zero-order valence-electron chi connectivity index (χ0n) is 18.4. The average Bonchev–Trinajstić information content (AvgIpc) is 2.80. The van der Waals surface area contributed by atoms with Crippen LogP contribution < -0.4 is 10.6 Å². The van der Waals surface area contributed by atoms with Crippen LogP contribution in [-0.2, 0) is 11.3 Å². The first kappa shape index (κ1) is 25.9. The Morgan fingerprint density at radius 3 is 2.81 bits per heavy atom. The van der Waals surface area contributed by atoms with E-state index in [9.17, 15) is 4.79 Å². The molecular formula is C24H33Cl2N3OS. The summed E-state index contributed by atoms with van der Waals surface area (Å²) < 4.78 is 0. The second-order valence-corrected chi connectivity index (χ2v) is 9.41. The van der Waals surface area contributed by atoms with Crippen molar-refractivity contribution in [2.24, 2.45) is 5.92 Å². The van der Waals surface area contributed by atoms with Crippen LogP contribution in [0.1, 0.15) is 32.3 Å². The minimum Gasteiger partial charge on any atom is -0.388 e. The first-order valence-corrected chi connectivity index (χ1v) is 12.6. The van der Waals surface area contributed by atoms with E-state index >= 15 is 0 Å². The molecule has 1 atom stereocenters. The summed E-state index contributed by atoms with van der Waals surface area (Å²) in [7, 11) is 0. The second-order valence-electron chi connectivity index (χ2n) is 7.49. The van der Waals surface area contributed by atoms with Gasteiger partial charge < -0.3 is 10.6 Å². The molecule has 0 spiro atoms. The van der Waals surface area contributed by atoms with Crippen LogP contribution in [0.2, 0.25) is 10.0 Å². The highest BCUT2D eigenvalue weighted by Gasteiger charge is 2.20. The number of benzene rings is 1. The van der Waals surface area contributed by atoms with E-state index in [0.717, 1.165) is 43.9 Å². The normalized spacial score (nSPS) is 18.6. The topological polar surface area (TPSA) is 44.4 Å². The van der Waals surface area contributed by atoms with Gasteiger partial charge in [0.2, 0.25) is 0 Å². The van der Waals surface area contributed by atoms with Crippen molar-refractivity contribution in [3.8, 4) is 0 Å². The average molecular weight is 483 g/mol. The molecule has 1 fully saturated rings. The summed E-state index contributed by atoms with van der Waals surface area (Å²) in [5, 5.41) is 7.83. The predicted octanol–water partition coefficient (Wildman–Crippen LogP) is 5.64. The van der Waals surface area contributed by atoms with Crippen molar-refractivity contribution in [1.29, 1.82) is 0 Å². The maximum Gasteiger partial charge on any atom is 0.165 e. The molecule has 31 heavy (non-hydrogen) atoms. The Morgan fingerprint density at radius 2 is 2.13 bits per heavy atom. The van der Waals surface area contributed by atoms with Gasteiger partial charge in [0.1, 0.15) is 0 Å². The van der Waals surface area contributed by atoms with E-state index in [1.54, 1.807) is 11.8 Å². The molecule has 0 aliphatic carbocycles. The summed E-state index contributed by atoms with van der Waals surface area (Å²) in [6.45, 7) is 12.9. The number of hydrogen-bond donors (Lipinski definition) is 2. The Labute approximate surface area is 201 Å². The molecule has 1 aromatic carbocycles. The van der Waals surface area contributed by atoms with Crippen molar-refractivity contribution >= 4 is 41.2 Å². The molecule has 0 amide bonds. The number of nitrogens with zero attached hydrogens (tertiary/aromatic N) is 1. The van der Waals surface area contributed by atoms with Crippen LogP contribution in [0.4, 0.5) is 0 Å². The van der Waals surface area contributed by atoms with E-state index < -0.39 is 0 Å². The molecule has 4 nitrogen and oxygen atoms in total. The minimum atomic E-state index is 0.604. The van der Waals surface area contributed by atoms with Crippen molar-refractivity contribution in [3.63, 3.8) is 0 Å². The number of carbonyl (C=O) groups excluding carboxylic acids is 1. The Morgan fingerprint density at radius 1 is 1.32 bits per heavy atom. The third-order valence-corrected chi connectivity index (χ3v) is 6.99. The number of halogens is 2. The van der Waals surface area contributed by atoms with Gasteiger partial charge in [-0.2, -0.15) is 0 Å². The third kappa shape index (κ3) is 8.93. The number of allylic oxidation sites excluding steroid dienone is 3. The largest absolute Gasteiger partial charge is 0.388 e. The molecule has 3 rings (SSSR count). The molecule has 1 aromatic rings. The van der Waals surface area contributed by atoms with E-state index in [2.05, 4.69) is 28.2 Å². The maximum absolute atomic E-state index is 10.7. The van der Waals surface area contributed by atoms with Gasteiger partial charge in [-0.25, -0.2) is 0 Å². The number of hydrogen-bond acceptors (Lipinski definition) is 5. The van der Waals surface area contributed by atoms with Gasteiger partial charge in [0.15, 0.2) is 6.29 Å². The first-order valence-electron chi connectivity index (χ1n) is 10.8. The zero-order valence-corrected chi connectivity index (χ0v) is 20.8. The van der Waals surface area contributed by atoms with E-state index in [-0.39, 0.29) is 0 Å². The van der Waals surface area contributed by atoms with Crippen molar-refractivity contribution in [2.75, 3.05) is 31.9 Å². The lowest BCUT2D eigenvalue weighted by Crippen LogP contribution is -2.39. The van der Waals surface area contributed by atoms with Gasteiger partial charge >= 0.3 is 0 Å². The molecule has 170 valence electrons. The van der Waals surface area contributed by atoms with Crippen molar-refractivity contribution in [3.05, 3.63) is 68.8 Å². The molecular weight excluding hydrogens is 449 g/mol. The highest BCUT2D eigenvalue weighted by molar-refractivity contribution is 8.03. The molecule has 1 saturated heterocycles. The smallest absolute Gasteiger partial charge is 0.165 e. The van der Waals surface area contributed by atoms with Gasteiger partial charge in [0.25, 0.3) is 0 Å².